The summed E-state index contributed by atoms with van der Waals surface area (Å²) in [6, 6.07) is 18.7. The zero-order valence-corrected chi connectivity index (χ0v) is 17.6. The lowest BCUT2D eigenvalue weighted by molar-refractivity contribution is -0.133. The molecule has 2 amide bonds. The lowest BCUT2D eigenvalue weighted by Crippen LogP contribution is -2.40. The van der Waals surface area contributed by atoms with Gasteiger partial charge >= 0.3 is 0 Å². The van der Waals surface area contributed by atoms with Crippen molar-refractivity contribution < 1.29 is 9.59 Å². The van der Waals surface area contributed by atoms with Gasteiger partial charge in [0.1, 0.15) is 0 Å². The summed E-state index contributed by atoms with van der Waals surface area (Å²) >= 11 is 0. The van der Waals surface area contributed by atoms with Gasteiger partial charge in [0.05, 0.1) is 5.92 Å². The van der Waals surface area contributed by atoms with Crippen molar-refractivity contribution in [3.8, 4) is 0 Å². The molecule has 1 unspecified atom stereocenters. The molecule has 3 rings (SSSR count). The summed E-state index contributed by atoms with van der Waals surface area (Å²) < 4.78 is 0. The Labute approximate surface area is 174 Å². The fraction of sp³-hybridized carbons (Fsp3) is 0.440. The molecule has 0 radical (unpaired) electrons. The molecule has 2 aromatic carbocycles. The van der Waals surface area contributed by atoms with Crippen molar-refractivity contribution >= 4 is 11.8 Å². The van der Waals surface area contributed by atoms with Gasteiger partial charge in [-0.3, -0.25) is 9.59 Å². The normalized spacial score (nSPS) is 15.7. The fourth-order valence-electron chi connectivity index (χ4n) is 4.07. The van der Waals surface area contributed by atoms with Crippen LogP contribution in [-0.2, 0) is 22.4 Å². The first-order valence-electron chi connectivity index (χ1n) is 10.7. The van der Waals surface area contributed by atoms with E-state index in [1.807, 2.05) is 42.2 Å². The Morgan fingerprint density at radius 2 is 1.62 bits per heavy atom. The summed E-state index contributed by atoms with van der Waals surface area (Å²) in [6.07, 6.45) is 4.49. The number of nitrogens with one attached hydrogen (secondary N) is 1. The third-order valence-corrected chi connectivity index (χ3v) is 6.06. The molecular weight excluding hydrogens is 360 g/mol. The standard InChI is InChI=1S/C25H32N2O2/c1-19(23-6-4-3-5-7-23)25(29)27-16-14-22(15-17-27)18-21-10-8-20(9-11-21)12-13-24(28)26-2/h3-11,19,22H,12-18H2,1-2H3,(H,26,28). The van der Waals surface area contributed by atoms with Gasteiger partial charge in [-0.2, -0.15) is 0 Å². The Morgan fingerprint density at radius 1 is 1.00 bits per heavy atom. The number of likely N-dealkylation sites (tertiary alicyclic amines) is 1. The number of benzene rings is 2. The maximum Gasteiger partial charge on any atom is 0.229 e. The Hall–Kier alpha value is -2.62. The second-order valence-corrected chi connectivity index (χ2v) is 8.09. The molecule has 1 aliphatic heterocycles. The molecule has 0 bridgehead atoms. The van der Waals surface area contributed by atoms with Gasteiger partial charge in [0.2, 0.25) is 11.8 Å². The van der Waals surface area contributed by atoms with Crippen LogP contribution in [0.2, 0.25) is 0 Å². The summed E-state index contributed by atoms with van der Waals surface area (Å²) in [7, 11) is 1.67. The molecule has 0 saturated carbocycles. The first-order valence-corrected chi connectivity index (χ1v) is 10.7. The molecule has 4 heteroatoms. The van der Waals surface area contributed by atoms with Crippen molar-refractivity contribution in [1.82, 2.24) is 10.2 Å². The molecule has 29 heavy (non-hydrogen) atoms. The van der Waals surface area contributed by atoms with Crippen molar-refractivity contribution in [3.05, 3.63) is 71.3 Å². The van der Waals surface area contributed by atoms with Crippen LogP contribution < -0.4 is 5.32 Å². The van der Waals surface area contributed by atoms with Crippen LogP contribution in [0.5, 0.6) is 0 Å². The summed E-state index contributed by atoms with van der Waals surface area (Å²) in [6.45, 7) is 3.71. The van der Waals surface area contributed by atoms with E-state index in [4.69, 9.17) is 0 Å². The van der Waals surface area contributed by atoms with Gasteiger partial charge < -0.3 is 10.2 Å². The Kier molecular flexibility index (Phi) is 7.45. The zero-order chi connectivity index (χ0) is 20.6. The highest BCUT2D eigenvalue weighted by atomic mass is 16.2. The number of hydrogen-bond donors (Lipinski definition) is 1. The Balaban J connectivity index is 1.46. The third kappa shape index (κ3) is 5.93. The van der Waals surface area contributed by atoms with E-state index in [1.165, 1.54) is 11.1 Å². The van der Waals surface area contributed by atoms with Crippen molar-refractivity contribution in [2.24, 2.45) is 5.92 Å². The first kappa shape index (κ1) is 21.1. The van der Waals surface area contributed by atoms with Crippen molar-refractivity contribution in [2.45, 2.75) is 44.9 Å². The maximum atomic E-state index is 12.8. The maximum absolute atomic E-state index is 12.8. The van der Waals surface area contributed by atoms with Crippen LogP contribution in [0.25, 0.3) is 0 Å². The number of aryl methyl sites for hydroxylation is 1. The molecule has 1 N–H and O–H groups in total. The van der Waals surface area contributed by atoms with Gasteiger partial charge in [0.25, 0.3) is 0 Å². The number of carbonyl (C=O) groups is 2. The van der Waals surface area contributed by atoms with Crippen LogP contribution in [0, 0.1) is 5.92 Å². The summed E-state index contributed by atoms with van der Waals surface area (Å²) in [5.74, 6) is 0.880. The fourth-order valence-corrected chi connectivity index (χ4v) is 4.07. The topological polar surface area (TPSA) is 49.4 Å². The van der Waals surface area contributed by atoms with Crippen molar-refractivity contribution in [1.29, 1.82) is 0 Å². The number of hydrogen-bond acceptors (Lipinski definition) is 2. The highest BCUT2D eigenvalue weighted by Crippen LogP contribution is 2.25. The predicted molar refractivity (Wildman–Crippen MR) is 117 cm³/mol. The van der Waals surface area contributed by atoms with Crippen LogP contribution in [0.1, 0.15) is 48.8 Å². The van der Waals surface area contributed by atoms with E-state index in [0.717, 1.165) is 44.3 Å². The van der Waals surface area contributed by atoms with Gasteiger partial charge in [-0.25, -0.2) is 0 Å². The minimum absolute atomic E-state index is 0.0740. The molecule has 0 aromatic heterocycles. The quantitative estimate of drug-likeness (QED) is 0.776. The lowest BCUT2D eigenvalue weighted by atomic mass is 9.89. The van der Waals surface area contributed by atoms with Crippen molar-refractivity contribution in [3.63, 3.8) is 0 Å². The molecule has 4 nitrogen and oxygen atoms in total. The van der Waals surface area contributed by atoms with Gasteiger partial charge in [-0.05, 0) is 55.2 Å². The van der Waals surface area contributed by atoms with Crippen molar-refractivity contribution in [2.75, 3.05) is 20.1 Å². The molecule has 1 heterocycles. The number of nitrogens with zero attached hydrogens (tertiary/aromatic N) is 1. The van der Waals surface area contributed by atoms with Gasteiger partial charge in [-0.1, -0.05) is 54.6 Å². The second kappa shape index (κ2) is 10.2. The molecule has 154 valence electrons. The summed E-state index contributed by atoms with van der Waals surface area (Å²) in [4.78, 5) is 26.2. The zero-order valence-electron chi connectivity index (χ0n) is 17.6. The van der Waals surface area contributed by atoms with E-state index < -0.39 is 0 Å². The van der Waals surface area contributed by atoms with Crippen LogP contribution in [0.4, 0.5) is 0 Å². The number of amides is 2. The minimum atomic E-state index is -0.0740. The Bertz CT molecular complexity index is 793. The molecule has 2 aromatic rings. The van der Waals surface area contributed by atoms with E-state index in [-0.39, 0.29) is 17.7 Å². The molecule has 1 saturated heterocycles. The lowest BCUT2D eigenvalue weighted by Gasteiger charge is -2.34. The molecular formula is C25H32N2O2. The van der Waals surface area contributed by atoms with E-state index in [9.17, 15) is 9.59 Å². The van der Waals surface area contributed by atoms with E-state index in [0.29, 0.717) is 12.3 Å². The van der Waals surface area contributed by atoms with E-state index in [2.05, 4.69) is 29.6 Å². The average Bonchev–Trinajstić information content (AvgIpc) is 2.78. The first-order chi connectivity index (χ1) is 14.1. The number of piperidine rings is 1. The van der Waals surface area contributed by atoms with Crippen LogP contribution >= 0.6 is 0 Å². The number of carbonyl (C=O) groups excluding carboxylic acids is 2. The Morgan fingerprint density at radius 3 is 2.24 bits per heavy atom. The van der Waals surface area contributed by atoms with E-state index in [1.54, 1.807) is 7.05 Å². The highest BCUT2D eigenvalue weighted by Gasteiger charge is 2.26. The molecule has 0 spiro atoms. The van der Waals surface area contributed by atoms with Crippen LogP contribution in [0.15, 0.2) is 54.6 Å². The van der Waals surface area contributed by atoms with Crippen LogP contribution in [0.3, 0.4) is 0 Å². The van der Waals surface area contributed by atoms with Crippen LogP contribution in [-0.4, -0.2) is 36.9 Å². The highest BCUT2D eigenvalue weighted by molar-refractivity contribution is 5.83. The minimum Gasteiger partial charge on any atom is -0.359 e. The smallest absolute Gasteiger partial charge is 0.229 e. The number of rotatable bonds is 7. The van der Waals surface area contributed by atoms with Gasteiger partial charge in [-0.15, -0.1) is 0 Å². The predicted octanol–water partition coefficient (Wildman–Crippen LogP) is 3.95. The SMILES string of the molecule is CNC(=O)CCc1ccc(CC2CCN(C(=O)C(C)c3ccccc3)CC2)cc1. The third-order valence-electron chi connectivity index (χ3n) is 6.06. The van der Waals surface area contributed by atoms with Gasteiger partial charge in [0.15, 0.2) is 0 Å². The van der Waals surface area contributed by atoms with Gasteiger partial charge in [0, 0.05) is 26.6 Å². The second-order valence-electron chi connectivity index (χ2n) is 8.09. The largest absolute Gasteiger partial charge is 0.359 e. The molecule has 0 aliphatic carbocycles. The molecule has 1 atom stereocenters. The summed E-state index contributed by atoms with van der Waals surface area (Å²) in [5.41, 5.74) is 3.64. The van der Waals surface area contributed by atoms with E-state index >= 15 is 0 Å². The molecule has 1 fully saturated rings. The molecule has 1 aliphatic rings. The average molecular weight is 393 g/mol. The summed E-state index contributed by atoms with van der Waals surface area (Å²) in [5, 5.41) is 2.66. The monoisotopic (exact) mass is 392 g/mol.